The molecule has 0 aliphatic carbocycles. The lowest BCUT2D eigenvalue weighted by Gasteiger charge is -2.18. The zero-order valence-corrected chi connectivity index (χ0v) is 54.5. The monoisotopic (exact) mass is 1140 g/mol. The van der Waals surface area contributed by atoms with Gasteiger partial charge in [-0.1, -0.05) is 331 Å². The van der Waals surface area contributed by atoms with Crippen molar-refractivity contribution in [1.82, 2.24) is 0 Å². The fraction of sp³-hybridized carbons (Fsp3) is 0.776. The Morgan fingerprint density at radius 2 is 0.476 bits per heavy atom. The van der Waals surface area contributed by atoms with E-state index in [9.17, 15) is 14.4 Å². The Labute approximate surface area is 509 Å². The van der Waals surface area contributed by atoms with Crippen LogP contribution in [0.4, 0.5) is 0 Å². The minimum absolute atomic E-state index is 0.0786. The third kappa shape index (κ3) is 67.4. The predicted molar refractivity (Wildman–Crippen MR) is 358 cm³/mol. The van der Waals surface area contributed by atoms with E-state index in [0.29, 0.717) is 19.3 Å². The fourth-order valence-electron chi connectivity index (χ4n) is 10.3. The van der Waals surface area contributed by atoms with Crippen LogP contribution >= 0.6 is 0 Å². The molecule has 1 atom stereocenters. The number of ether oxygens (including phenoxy) is 3. The van der Waals surface area contributed by atoms with Gasteiger partial charge in [0.25, 0.3) is 0 Å². The van der Waals surface area contributed by atoms with Crippen molar-refractivity contribution < 1.29 is 28.6 Å². The van der Waals surface area contributed by atoms with Gasteiger partial charge in [0.1, 0.15) is 13.2 Å². The summed E-state index contributed by atoms with van der Waals surface area (Å²) in [4.78, 5) is 38.5. The van der Waals surface area contributed by atoms with Crippen molar-refractivity contribution in [1.29, 1.82) is 0 Å². The normalized spacial score (nSPS) is 12.6. The maximum atomic E-state index is 12.9. The number of esters is 3. The van der Waals surface area contributed by atoms with Gasteiger partial charge in [-0.05, 0) is 96.3 Å². The lowest BCUT2D eigenvalue weighted by atomic mass is 10.0. The molecule has 0 rings (SSSR count). The van der Waals surface area contributed by atoms with E-state index < -0.39 is 6.10 Å². The molecular weight excluding hydrogens is 1010 g/mol. The Morgan fingerprint density at radius 3 is 0.744 bits per heavy atom. The summed E-state index contributed by atoms with van der Waals surface area (Å²) in [6, 6.07) is 0. The summed E-state index contributed by atoms with van der Waals surface area (Å²) in [5.74, 6) is -0.873. The zero-order chi connectivity index (χ0) is 59.2. The first-order chi connectivity index (χ1) is 40.5. The summed E-state index contributed by atoms with van der Waals surface area (Å²) in [7, 11) is 0. The van der Waals surface area contributed by atoms with Gasteiger partial charge in [-0.25, -0.2) is 0 Å². The van der Waals surface area contributed by atoms with Crippen LogP contribution in [0.3, 0.4) is 0 Å². The van der Waals surface area contributed by atoms with Gasteiger partial charge >= 0.3 is 17.9 Å². The van der Waals surface area contributed by atoms with E-state index in [4.69, 9.17) is 14.2 Å². The molecule has 0 saturated carbocycles. The quantitative estimate of drug-likeness (QED) is 0.0261. The van der Waals surface area contributed by atoms with E-state index in [1.807, 2.05) is 0 Å². The van der Waals surface area contributed by atoms with Crippen LogP contribution in [0.5, 0.6) is 0 Å². The molecule has 0 spiro atoms. The zero-order valence-electron chi connectivity index (χ0n) is 54.5. The molecule has 0 fully saturated rings. The van der Waals surface area contributed by atoms with Crippen LogP contribution in [0, 0.1) is 0 Å². The number of allylic oxidation sites excluding steroid dienone is 14. The highest BCUT2D eigenvalue weighted by atomic mass is 16.6. The standard InChI is InChI=1S/C76H134O6/c1-4-7-10-13-16-19-22-25-28-31-33-34-35-36-37-38-39-40-41-42-44-45-48-51-54-57-60-63-66-69-75(78)81-72-73(71-80-74(77)68-65-62-59-56-53-50-47-30-27-24-21-18-15-12-9-6-3)82-76(79)70-67-64-61-58-55-52-49-46-43-32-29-26-23-20-17-14-11-8-5-2/h8,11,17,20,22,25-26,29,31,33,35-36,43,46,73H,4-7,9-10,12-16,18-19,21,23-24,27-28,30,32,34,37-42,44-45,47-72H2,1-3H3/b11-8-,20-17-,25-22-,29-26-,33-31-,36-35-,46-43-. The first kappa shape index (κ1) is 78.6. The highest BCUT2D eigenvalue weighted by Crippen LogP contribution is 2.18. The van der Waals surface area contributed by atoms with Crippen LogP contribution in [-0.2, 0) is 28.6 Å². The van der Waals surface area contributed by atoms with Crippen molar-refractivity contribution in [3.63, 3.8) is 0 Å². The smallest absolute Gasteiger partial charge is 0.306 e. The molecule has 82 heavy (non-hydrogen) atoms. The van der Waals surface area contributed by atoms with Gasteiger partial charge in [0.2, 0.25) is 0 Å². The van der Waals surface area contributed by atoms with Crippen LogP contribution in [0.1, 0.15) is 361 Å². The Morgan fingerprint density at radius 1 is 0.256 bits per heavy atom. The predicted octanol–water partition coefficient (Wildman–Crippen LogP) is 24.6. The van der Waals surface area contributed by atoms with Gasteiger partial charge in [0.05, 0.1) is 0 Å². The van der Waals surface area contributed by atoms with Crippen molar-refractivity contribution >= 4 is 17.9 Å². The van der Waals surface area contributed by atoms with Crippen molar-refractivity contribution in [3.8, 4) is 0 Å². The van der Waals surface area contributed by atoms with Crippen LogP contribution in [0.15, 0.2) is 85.1 Å². The second-order valence-corrected chi connectivity index (χ2v) is 23.8. The van der Waals surface area contributed by atoms with E-state index in [-0.39, 0.29) is 31.1 Å². The van der Waals surface area contributed by atoms with Crippen molar-refractivity contribution in [3.05, 3.63) is 85.1 Å². The molecule has 0 aromatic rings. The third-order valence-electron chi connectivity index (χ3n) is 15.6. The second kappa shape index (κ2) is 70.1. The lowest BCUT2D eigenvalue weighted by molar-refractivity contribution is -0.167. The summed E-state index contributed by atoms with van der Waals surface area (Å²) < 4.78 is 17.0. The van der Waals surface area contributed by atoms with E-state index in [1.54, 1.807) is 0 Å². The molecule has 6 heteroatoms. The molecule has 0 N–H and O–H groups in total. The summed E-state index contributed by atoms with van der Waals surface area (Å²) in [5.41, 5.74) is 0. The fourth-order valence-corrected chi connectivity index (χ4v) is 10.3. The molecule has 0 saturated heterocycles. The van der Waals surface area contributed by atoms with Gasteiger partial charge in [0, 0.05) is 19.3 Å². The number of hydrogen-bond donors (Lipinski definition) is 0. The molecule has 474 valence electrons. The average Bonchev–Trinajstić information content (AvgIpc) is 3.47. The number of unbranched alkanes of at least 4 members (excludes halogenated alkanes) is 40. The van der Waals surface area contributed by atoms with Gasteiger partial charge in [-0.3, -0.25) is 14.4 Å². The molecule has 0 heterocycles. The molecule has 0 aromatic heterocycles. The van der Waals surface area contributed by atoms with Crippen molar-refractivity contribution in [2.45, 2.75) is 367 Å². The lowest BCUT2D eigenvalue weighted by Crippen LogP contribution is -2.30. The van der Waals surface area contributed by atoms with E-state index in [1.165, 1.54) is 212 Å². The Kier molecular flexibility index (Phi) is 67.2. The molecule has 0 aromatic carbocycles. The van der Waals surface area contributed by atoms with Crippen LogP contribution in [0.2, 0.25) is 0 Å². The maximum absolute atomic E-state index is 12.9. The molecule has 0 aliphatic heterocycles. The minimum atomic E-state index is -0.785. The van der Waals surface area contributed by atoms with Gasteiger partial charge in [0.15, 0.2) is 6.10 Å². The van der Waals surface area contributed by atoms with Crippen LogP contribution in [0.25, 0.3) is 0 Å². The molecule has 6 nitrogen and oxygen atoms in total. The minimum Gasteiger partial charge on any atom is -0.462 e. The second-order valence-electron chi connectivity index (χ2n) is 23.8. The molecule has 0 bridgehead atoms. The summed E-state index contributed by atoms with van der Waals surface area (Å²) >= 11 is 0. The first-order valence-electron chi connectivity index (χ1n) is 35.6. The Hall–Kier alpha value is -3.41. The topological polar surface area (TPSA) is 78.9 Å². The molecule has 0 aliphatic rings. The molecule has 0 radical (unpaired) electrons. The van der Waals surface area contributed by atoms with E-state index in [0.717, 1.165) is 109 Å². The van der Waals surface area contributed by atoms with Crippen molar-refractivity contribution in [2.24, 2.45) is 0 Å². The third-order valence-corrected chi connectivity index (χ3v) is 15.6. The van der Waals surface area contributed by atoms with Crippen LogP contribution in [-0.4, -0.2) is 37.2 Å². The van der Waals surface area contributed by atoms with Crippen LogP contribution < -0.4 is 0 Å². The van der Waals surface area contributed by atoms with Gasteiger partial charge in [-0.15, -0.1) is 0 Å². The summed E-state index contributed by atoms with van der Waals surface area (Å²) in [5, 5.41) is 0. The first-order valence-corrected chi connectivity index (χ1v) is 35.6. The molecule has 0 amide bonds. The molecular formula is C76H134O6. The number of hydrogen-bond acceptors (Lipinski definition) is 6. The number of carbonyl (C=O) groups excluding carboxylic acids is 3. The van der Waals surface area contributed by atoms with Gasteiger partial charge in [-0.2, -0.15) is 0 Å². The van der Waals surface area contributed by atoms with E-state index in [2.05, 4.69) is 106 Å². The maximum Gasteiger partial charge on any atom is 0.306 e. The van der Waals surface area contributed by atoms with Gasteiger partial charge < -0.3 is 14.2 Å². The Bertz CT molecular complexity index is 1550. The highest BCUT2D eigenvalue weighted by molar-refractivity contribution is 5.71. The SMILES string of the molecule is CC/C=C\C/C=C\C/C=C\C/C=C\CCCCCCCCC(=O)OC(COC(=O)CCCCCCCCCCCCCCCC/C=C\C/C=C\C/C=C\CCCCCCC)COC(=O)CCCCCCCCCCCCCCCCCC. The summed E-state index contributed by atoms with van der Waals surface area (Å²) in [6.07, 6.45) is 93.2. The van der Waals surface area contributed by atoms with Crippen molar-refractivity contribution in [2.75, 3.05) is 13.2 Å². The highest BCUT2D eigenvalue weighted by Gasteiger charge is 2.19. The summed E-state index contributed by atoms with van der Waals surface area (Å²) in [6.45, 7) is 6.56. The largest absolute Gasteiger partial charge is 0.462 e. The Balaban J connectivity index is 4.29. The number of rotatable bonds is 65. The average molecular weight is 1140 g/mol. The number of carbonyl (C=O) groups is 3. The molecule has 1 unspecified atom stereocenters. The van der Waals surface area contributed by atoms with E-state index >= 15 is 0 Å².